The van der Waals surface area contributed by atoms with Crippen LogP contribution in [0.3, 0.4) is 0 Å². The van der Waals surface area contributed by atoms with Crippen molar-refractivity contribution in [3.8, 4) is 11.5 Å². The Balaban J connectivity index is 1.38. The highest BCUT2D eigenvalue weighted by Crippen LogP contribution is 2.23. The molecule has 0 aliphatic heterocycles. The Bertz CT molecular complexity index is 1320. The maximum atomic E-state index is 12.5. The van der Waals surface area contributed by atoms with Crippen LogP contribution in [-0.4, -0.2) is 26.9 Å². The lowest BCUT2D eigenvalue weighted by molar-refractivity contribution is -0.384. The molecule has 4 rings (SSSR count). The van der Waals surface area contributed by atoms with Crippen LogP contribution in [0.25, 0.3) is 11.5 Å². The van der Waals surface area contributed by atoms with Gasteiger partial charge in [0.25, 0.3) is 17.5 Å². The van der Waals surface area contributed by atoms with Crippen LogP contribution in [0.15, 0.2) is 77.2 Å². The highest BCUT2D eigenvalue weighted by Gasteiger charge is 2.14. The predicted octanol–water partition coefficient (Wildman–Crippen LogP) is 4.80. The summed E-state index contributed by atoms with van der Waals surface area (Å²) in [5.74, 6) is -0.710. The fraction of sp³-hybridized carbons (Fsp3) is 0. The van der Waals surface area contributed by atoms with Crippen LogP contribution in [0.5, 0.6) is 0 Å². The molecule has 10 nitrogen and oxygen atoms in total. The van der Waals surface area contributed by atoms with Gasteiger partial charge >= 0.3 is 6.01 Å². The quantitative estimate of drug-likeness (QED) is 0.309. The number of halogens is 1. The molecule has 0 atom stereocenters. The molecule has 0 saturated heterocycles. The van der Waals surface area contributed by atoms with E-state index in [-0.39, 0.29) is 23.5 Å². The second-order valence-electron chi connectivity index (χ2n) is 6.71. The van der Waals surface area contributed by atoms with Gasteiger partial charge in [-0.25, -0.2) is 0 Å². The number of nitrogens with zero attached hydrogens (tertiary/aromatic N) is 3. The van der Waals surface area contributed by atoms with Crippen LogP contribution < -0.4 is 10.6 Å². The molecule has 0 spiro atoms. The molecule has 1 aromatic heterocycles. The van der Waals surface area contributed by atoms with Gasteiger partial charge in [0.15, 0.2) is 0 Å². The fourth-order valence-corrected chi connectivity index (χ4v) is 2.92. The van der Waals surface area contributed by atoms with Gasteiger partial charge in [-0.3, -0.25) is 25.0 Å². The van der Waals surface area contributed by atoms with Crippen LogP contribution in [0.2, 0.25) is 5.02 Å². The molecule has 33 heavy (non-hydrogen) atoms. The largest absolute Gasteiger partial charge is 0.403 e. The Morgan fingerprint density at radius 3 is 2.00 bits per heavy atom. The Morgan fingerprint density at radius 1 is 0.818 bits per heavy atom. The molecule has 0 radical (unpaired) electrons. The van der Waals surface area contributed by atoms with E-state index in [4.69, 9.17) is 16.0 Å². The molecule has 3 aromatic carbocycles. The molecule has 0 unspecified atom stereocenters. The minimum atomic E-state index is -0.516. The third kappa shape index (κ3) is 5.20. The summed E-state index contributed by atoms with van der Waals surface area (Å²) in [6.07, 6.45) is 0. The first-order valence-electron chi connectivity index (χ1n) is 9.46. The standard InChI is InChI=1S/C22H14ClN5O5/c23-16-7-1-13(2-8-16)19(29)24-17-9-3-14(4-10-17)20(30)25-22-27-26-21(33-22)15-5-11-18(12-6-15)28(31)32/h1-12H,(H,24,29)(H,25,27,30). The zero-order valence-corrected chi connectivity index (χ0v) is 17.4. The predicted molar refractivity (Wildman–Crippen MR) is 120 cm³/mol. The lowest BCUT2D eigenvalue weighted by Gasteiger charge is -2.06. The number of carbonyl (C=O) groups is 2. The van der Waals surface area contributed by atoms with Gasteiger partial charge in [0.1, 0.15) is 0 Å². The molecular weight excluding hydrogens is 450 g/mol. The fourth-order valence-electron chi connectivity index (χ4n) is 2.79. The maximum Gasteiger partial charge on any atom is 0.322 e. The van der Waals surface area contributed by atoms with Crippen molar-refractivity contribution in [1.82, 2.24) is 10.2 Å². The number of hydrogen-bond donors (Lipinski definition) is 2. The Morgan fingerprint density at radius 2 is 1.39 bits per heavy atom. The van der Waals surface area contributed by atoms with Crippen LogP contribution in [0, 0.1) is 10.1 Å². The minimum Gasteiger partial charge on any atom is -0.403 e. The van der Waals surface area contributed by atoms with Gasteiger partial charge in [0, 0.05) is 39.5 Å². The van der Waals surface area contributed by atoms with E-state index in [2.05, 4.69) is 20.8 Å². The van der Waals surface area contributed by atoms with Crippen LogP contribution in [0.1, 0.15) is 20.7 Å². The summed E-state index contributed by atoms with van der Waals surface area (Å²) >= 11 is 5.82. The summed E-state index contributed by atoms with van der Waals surface area (Å²) in [7, 11) is 0. The number of nitro groups is 1. The summed E-state index contributed by atoms with van der Waals surface area (Å²) in [6.45, 7) is 0. The average molecular weight is 464 g/mol. The van der Waals surface area contributed by atoms with Gasteiger partial charge in [-0.15, -0.1) is 5.10 Å². The zero-order valence-electron chi connectivity index (χ0n) is 16.7. The number of rotatable bonds is 6. The molecule has 2 amide bonds. The third-order valence-electron chi connectivity index (χ3n) is 4.48. The third-order valence-corrected chi connectivity index (χ3v) is 4.73. The molecule has 2 N–H and O–H groups in total. The number of nitrogens with one attached hydrogen (secondary N) is 2. The van der Waals surface area contributed by atoms with E-state index in [1.54, 1.807) is 36.4 Å². The summed E-state index contributed by atoms with van der Waals surface area (Å²) < 4.78 is 5.41. The van der Waals surface area contributed by atoms with Gasteiger partial charge in [-0.1, -0.05) is 16.7 Å². The van der Waals surface area contributed by atoms with Gasteiger partial charge in [-0.2, -0.15) is 0 Å². The smallest absolute Gasteiger partial charge is 0.322 e. The van der Waals surface area contributed by atoms with E-state index in [1.807, 2.05) is 0 Å². The second kappa shape index (κ2) is 9.28. The van der Waals surface area contributed by atoms with Gasteiger partial charge in [0.2, 0.25) is 5.89 Å². The Hall–Kier alpha value is -4.57. The molecule has 0 saturated carbocycles. The van der Waals surface area contributed by atoms with Crippen molar-refractivity contribution in [2.24, 2.45) is 0 Å². The molecule has 0 fully saturated rings. The van der Waals surface area contributed by atoms with Crippen molar-refractivity contribution in [2.75, 3.05) is 10.6 Å². The number of non-ortho nitro benzene ring substituents is 1. The van der Waals surface area contributed by atoms with Crippen LogP contribution in [-0.2, 0) is 0 Å². The van der Waals surface area contributed by atoms with Crippen molar-refractivity contribution < 1.29 is 18.9 Å². The number of anilines is 2. The van der Waals surface area contributed by atoms with Crippen molar-refractivity contribution >= 4 is 40.8 Å². The van der Waals surface area contributed by atoms with Gasteiger partial charge < -0.3 is 9.73 Å². The lowest BCUT2D eigenvalue weighted by Crippen LogP contribution is -2.13. The average Bonchev–Trinajstić information content (AvgIpc) is 3.28. The van der Waals surface area contributed by atoms with Crippen LogP contribution in [0.4, 0.5) is 17.4 Å². The van der Waals surface area contributed by atoms with E-state index in [9.17, 15) is 19.7 Å². The molecular formula is C22H14ClN5O5. The van der Waals surface area contributed by atoms with Gasteiger partial charge in [0.05, 0.1) is 4.92 Å². The SMILES string of the molecule is O=C(Nc1ccc(C(=O)Nc2nnc(-c3ccc([N+](=O)[O-])cc3)o2)cc1)c1ccc(Cl)cc1. The number of aromatic nitrogens is 2. The van der Waals surface area contributed by atoms with E-state index >= 15 is 0 Å². The van der Waals surface area contributed by atoms with Crippen LogP contribution >= 0.6 is 11.6 Å². The number of hydrogen-bond acceptors (Lipinski definition) is 7. The summed E-state index contributed by atoms with van der Waals surface area (Å²) in [6, 6.07) is 18.1. The number of amides is 2. The number of carbonyl (C=O) groups excluding carboxylic acids is 2. The van der Waals surface area contributed by atoms with Crippen molar-refractivity contribution in [2.45, 2.75) is 0 Å². The molecule has 1 heterocycles. The second-order valence-corrected chi connectivity index (χ2v) is 7.15. The minimum absolute atomic E-state index is 0.0698. The highest BCUT2D eigenvalue weighted by atomic mass is 35.5. The Labute approximate surface area is 191 Å². The monoisotopic (exact) mass is 463 g/mol. The van der Waals surface area contributed by atoms with E-state index < -0.39 is 10.8 Å². The van der Waals surface area contributed by atoms with Crippen molar-refractivity contribution in [1.29, 1.82) is 0 Å². The molecule has 0 aliphatic carbocycles. The molecule has 164 valence electrons. The highest BCUT2D eigenvalue weighted by molar-refractivity contribution is 6.30. The summed E-state index contributed by atoms with van der Waals surface area (Å²) in [4.78, 5) is 34.9. The first-order chi connectivity index (χ1) is 15.9. The van der Waals surface area contributed by atoms with Gasteiger partial charge in [-0.05, 0) is 60.7 Å². The normalized spacial score (nSPS) is 10.5. The Kier molecular flexibility index (Phi) is 6.09. The first-order valence-corrected chi connectivity index (χ1v) is 9.83. The van der Waals surface area contributed by atoms with E-state index in [0.717, 1.165) is 0 Å². The van der Waals surface area contributed by atoms with E-state index in [1.165, 1.54) is 36.4 Å². The molecule has 0 bridgehead atoms. The summed E-state index contributed by atoms with van der Waals surface area (Å²) in [5.41, 5.74) is 1.65. The van der Waals surface area contributed by atoms with E-state index in [0.29, 0.717) is 27.4 Å². The molecule has 0 aliphatic rings. The topological polar surface area (TPSA) is 140 Å². The van der Waals surface area contributed by atoms with Crippen molar-refractivity contribution in [3.05, 3.63) is 99.1 Å². The lowest BCUT2D eigenvalue weighted by atomic mass is 10.1. The zero-order chi connectivity index (χ0) is 23.4. The molecule has 4 aromatic rings. The number of benzene rings is 3. The number of nitro benzene ring substituents is 1. The molecule has 11 heteroatoms. The maximum absolute atomic E-state index is 12.5. The summed E-state index contributed by atoms with van der Waals surface area (Å²) in [5, 5.41) is 24.1. The van der Waals surface area contributed by atoms with Crippen molar-refractivity contribution in [3.63, 3.8) is 0 Å². The first kappa shape index (κ1) is 21.7.